The fourth-order valence-corrected chi connectivity index (χ4v) is 1.61. The van der Waals surface area contributed by atoms with Crippen LogP contribution >= 0.6 is 15.9 Å². The molecule has 0 saturated carbocycles. The van der Waals surface area contributed by atoms with Gasteiger partial charge >= 0.3 is 0 Å². The van der Waals surface area contributed by atoms with Gasteiger partial charge in [-0.05, 0) is 24.1 Å². The molecule has 0 fully saturated rings. The van der Waals surface area contributed by atoms with E-state index in [0.29, 0.717) is 5.58 Å². The van der Waals surface area contributed by atoms with Gasteiger partial charge in [-0.1, -0.05) is 28.9 Å². The third-order valence-corrected chi connectivity index (χ3v) is 2.73. The second-order valence-corrected chi connectivity index (χ2v) is 3.79. The van der Waals surface area contributed by atoms with E-state index in [4.69, 9.17) is 4.42 Å². The van der Waals surface area contributed by atoms with Crippen LogP contribution < -0.4 is 0 Å². The summed E-state index contributed by atoms with van der Waals surface area (Å²) in [6, 6.07) is 5.79. The molecule has 1 aromatic carbocycles. The molecule has 0 N–H and O–H groups in total. The van der Waals surface area contributed by atoms with E-state index >= 15 is 0 Å². The molecule has 0 bridgehead atoms. The maximum absolute atomic E-state index is 11.3. The van der Waals surface area contributed by atoms with Crippen LogP contribution in [0, 0.1) is 0 Å². The molecule has 0 radical (unpaired) electrons. The van der Waals surface area contributed by atoms with Crippen LogP contribution in [-0.2, 0) is 6.42 Å². The van der Waals surface area contributed by atoms with Crippen molar-refractivity contribution in [3.63, 3.8) is 0 Å². The Morgan fingerprint density at radius 1 is 1.53 bits per heavy atom. The number of fused-ring (bicyclic) bond motifs is 1. The molecule has 4 heteroatoms. The molecule has 0 atom stereocenters. The molecule has 0 spiro atoms. The Labute approximate surface area is 95.6 Å². The summed E-state index contributed by atoms with van der Waals surface area (Å²) in [6.45, 7) is 2.07. The summed E-state index contributed by atoms with van der Waals surface area (Å²) < 4.78 is 5.37. The number of oxazole rings is 1. The normalized spacial score (nSPS) is 10.8. The molecular weight excluding hydrogens is 258 g/mol. The molecule has 2 aromatic rings. The minimum Gasteiger partial charge on any atom is -0.434 e. The lowest BCUT2D eigenvalue weighted by molar-refractivity contribution is 0.0989. The number of alkyl halides is 1. The fourth-order valence-electron chi connectivity index (χ4n) is 1.37. The number of carbonyl (C=O) groups excluding carboxylic acids is 1. The van der Waals surface area contributed by atoms with Crippen molar-refractivity contribution in [3.05, 3.63) is 29.7 Å². The smallest absolute Gasteiger partial charge is 0.265 e. The SMILES string of the molecule is CCc1ccc2nc(C(=O)CBr)oc2c1. The molecule has 2 rings (SSSR count). The van der Waals surface area contributed by atoms with Crippen molar-refractivity contribution in [3.8, 4) is 0 Å². The van der Waals surface area contributed by atoms with E-state index in [0.717, 1.165) is 11.9 Å². The maximum atomic E-state index is 11.3. The van der Waals surface area contributed by atoms with Crippen molar-refractivity contribution in [2.45, 2.75) is 13.3 Å². The zero-order valence-corrected chi connectivity index (χ0v) is 9.87. The first-order chi connectivity index (χ1) is 7.24. The van der Waals surface area contributed by atoms with E-state index in [9.17, 15) is 4.79 Å². The molecule has 0 aliphatic heterocycles. The van der Waals surface area contributed by atoms with Crippen LogP contribution in [-0.4, -0.2) is 16.1 Å². The minimum atomic E-state index is -0.135. The molecule has 0 unspecified atom stereocenters. The molecule has 78 valence electrons. The van der Waals surface area contributed by atoms with Gasteiger partial charge in [0.15, 0.2) is 5.58 Å². The van der Waals surface area contributed by atoms with E-state index in [-0.39, 0.29) is 17.0 Å². The summed E-state index contributed by atoms with van der Waals surface area (Å²) in [5, 5.41) is 0.237. The van der Waals surface area contributed by atoms with E-state index in [1.807, 2.05) is 18.2 Å². The van der Waals surface area contributed by atoms with Crippen molar-refractivity contribution in [2.75, 3.05) is 5.33 Å². The number of hydrogen-bond acceptors (Lipinski definition) is 3. The van der Waals surface area contributed by atoms with Crippen LogP contribution in [0.1, 0.15) is 23.2 Å². The number of carbonyl (C=O) groups is 1. The van der Waals surface area contributed by atoms with Gasteiger partial charge in [0, 0.05) is 0 Å². The Kier molecular flexibility index (Phi) is 2.86. The second-order valence-electron chi connectivity index (χ2n) is 3.23. The highest BCUT2D eigenvalue weighted by Crippen LogP contribution is 2.18. The molecular formula is C11H10BrNO2. The van der Waals surface area contributed by atoms with Gasteiger partial charge in [-0.15, -0.1) is 0 Å². The maximum Gasteiger partial charge on any atom is 0.265 e. The van der Waals surface area contributed by atoms with Crippen molar-refractivity contribution in [2.24, 2.45) is 0 Å². The number of Topliss-reactive ketones (excluding diaryl/α,β-unsaturated/α-hetero) is 1. The Morgan fingerprint density at radius 3 is 3.00 bits per heavy atom. The second kappa shape index (κ2) is 4.14. The van der Waals surface area contributed by atoms with E-state index in [1.165, 1.54) is 5.56 Å². The van der Waals surface area contributed by atoms with Gasteiger partial charge in [-0.3, -0.25) is 4.79 Å². The van der Waals surface area contributed by atoms with Gasteiger partial charge in [0.2, 0.25) is 5.78 Å². The van der Waals surface area contributed by atoms with Gasteiger partial charge in [0.1, 0.15) is 5.52 Å². The molecule has 1 heterocycles. The van der Waals surface area contributed by atoms with Crippen LogP contribution in [0.2, 0.25) is 0 Å². The average Bonchev–Trinajstić information content (AvgIpc) is 2.70. The molecule has 0 saturated heterocycles. The number of benzene rings is 1. The topological polar surface area (TPSA) is 43.1 Å². The summed E-state index contributed by atoms with van der Waals surface area (Å²) in [7, 11) is 0. The highest BCUT2D eigenvalue weighted by atomic mass is 79.9. The van der Waals surface area contributed by atoms with Gasteiger partial charge in [0.05, 0.1) is 5.33 Å². The van der Waals surface area contributed by atoms with E-state index in [1.54, 1.807) is 0 Å². The van der Waals surface area contributed by atoms with Crippen LogP contribution in [0.5, 0.6) is 0 Å². The Bertz CT molecular complexity index is 504. The quantitative estimate of drug-likeness (QED) is 0.635. The molecule has 0 amide bonds. The molecule has 3 nitrogen and oxygen atoms in total. The average molecular weight is 268 g/mol. The summed E-state index contributed by atoms with van der Waals surface area (Å²) in [5.74, 6) is 0.0411. The predicted octanol–water partition coefficient (Wildman–Crippen LogP) is 2.97. The monoisotopic (exact) mass is 267 g/mol. The largest absolute Gasteiger partial charge is 0.434 e. The minimum absolute atomic E-state index is 0.135. The fraction of sp³-hybridized carbons (Fsp3) is 0.273. The van der Waals surface area contributed by atoms with Crippen LogP contribution in [0.15, 0.2) is 22.6 Å². The van der Waals surface area contributed by atoms with Gasteiger partial charge in [0.25, 0.3) is 5.89 Å². The number of aromatic nitrogens is 1. The lowest BCUT2D eigenvalue weighted by atomic mass is 10.1. The molecule has 1 aromatic heterocycles. The standard InChI is InChI=1S/C11H10BrNO2/c1-2-7-3-4-8-10(5-7)15-11(13-8)9(14)6-12/h3-5H,2,6H2,1H3. The van der Waals surface area contributed by atoms with Crippen molar-refractivity contribution in [1.29, 1.82) is 0 Å². The number of ketones is 1. The van der Waals surface area contributed by atoms with Crippen molar-refractivity contribution >= 4 is 32.8 Å². The lowest BCUT2D eigenvalue weighted by Crippen LogP contribution is -1.99. The Hall–Kier alpha value is -1.16. The zero-order valence-electron chi connectivity index (χ0n) is 8.29. The third-order valence-electron chi connectivity index (χ3n) is 2.22. The van der Waals surface area contributed by atoms with E-state index < -0.39 is 0 Å². The highest BCUT2D eigenvalue weighted by molar-refractivity contribution is 9.09. The summed E-state index contributed by atoms with van der Waals surface area (Å²) in [6.07, 6.45) is 0.943. The van der Waals surface area contributed by atoms with Crippen LogP contribution in [0.25, 0.3) is 11.1 Å². The number of aryl methyl sites for hydroxylation is 1. The summed E-state index contributed by atoms with van der Waals surface area (Å²) in [5.41, 5.74) is 2.59. The molecule has 15 heavy (non-hydrogen) atoms. The number of halogens is 1. The first-order valence-electron chi connectivity index (χ1n) is 4.73. The zero-order chi connectivity index (χ0) is 10.8. The predicted molar refractivity (Wildman–Crippen MR) is 61.5 cm³/mol. The number of hydrogen-bond donors (Lipinski definition) is 0. The van der Waals surface area contributed by atoms with Crippen LogP contribution in [0.3, 0.4) is 0 Å². The lowest BCUT2D eigenvalue weighted by Gasteiger charge is -1.92. The summed E-state index contributed by atoms with van der Waals surface area (Å²) >= 11 is 3.09. The van der Waals surface area contributed by atoms with Crippen molar-refractivity contribution in [1.82, 2.24) is 4.98 Å². The van der Waals surface area contributed by atoms with Gasteiger partial charge in [-0.2, -0.15) is 0 Å². The first kappa shape index (κ1) is 10.4. The van der Waals surface area contributed by atoms with Crippen molar-refractivity contribution < 1.29 is 9.21 Å². The number of nitrogens with zero attached hydrogens (tertiary/aromatic N) is 1. The van der Waals surface area contributed by atoms with Gasteiger partial charge in [-0.25, -0.2) is 4.98 Å². The Morgan fingerprint density at radius 2 is 2.33 bits per heavy atom. The number of rotatable bonds is 3. The first-order valence-corrected chi connectivity index (χ1v) is 5.85. The molecule has 0 aliphatic rings. The third kappa shape index (κ3) is 1.95. The van der Waals surface area contributed by atoms with Gasteiger partial charge < -0.3 is 4.42 Å². The van der Waals surface area contributed by atoms with Crippen LogP contribution in [0.4, 0.5) is 0 Å². The highest BCUT2D eigenvalue weighted by Gasteiger charge is 2.12. The molecule has 0 aliphatic carbocycles. The summed E-state index contributed by atoms with van der Waals surface area (Å²) in [4.78, 5) is 15.4. The van der Waals surface area contributed by atoms with E-state index in [2.05, 4.69) is 27.8 Å². The Balaban J connectivity index is 2.51.